The average Bonchev–Trinajstić information content (AvgIpc) is 2.60. The van der Waals surface area contributed by atoms with E-state index in [0.717, 1.165) is 10.6 Å². The molecule has 2 N–H and O–H groups in total. The lowest BCUT2D eigenvalue weighted by Crippen LogP contribution is -2.34. The van der Waals surface area contributed by atoms with Gasteiger partial charge in [-0.25, -0.2) is 0 Å². The Hall–Kier alpha value is -2.54. The smallest absolute Gasteiger partial charge is 0.269 e. The first-order valence-corrected chi connectivity index (χ1v) is 8.83. The van der Waals surface area contributed by atoms with Gasteiger partial charge < -0.3 is 10.6 Å². The molecule has 0 aliphatic carbocycles. The maximum Gasteiger partial charge on any atom is 0.269 e. The van der Waals surface area contributed by atoms with Crippen molar-refractivity contribution in [2.45, 2.75) is 24.0 Å². The molecule has 0 bridgehead atoms. The van der Waals surface area contributed by atoms with Crippen molar-refractivity contribution >= 4 is 29.0 Å². The van der Waals surface area contributed by atoms with Crippen LogP contribution in [0.25, 0.3) is 0 Å². The van der Waals surface area contributed by atoms with Gasteiger partial charge in [0.05, 0.1) is 10.2 Å². The van der Waals surface area contributed by atoms with Crippen LogP contribution < -0.4 is 10.6 Å². The summed E-state index contributed by atoms with van der Waals surface area (Å²) in [7, 11) is 0. The molecule has 7 heteroatoms. The van der Waals surface area contributed by atoms with Crippen molar-refractivity contribution in [1.82, 2.24) is 5.32 Å². The molecule has 2 rings (SSSR count). The van der Waals surface area contributed by atoms with Gasteiger partial charge in [0.15, 0.2) is 0 Å². The molecule has 0 aromatic heterocycles. The number of nitrogens with one attached hydrogen (secondary N) is 2. The minimum atomic E-state index is -0.433. The number of non-ortho nitro benzene ring substituents is 1. The van der Waals surface area contributed by atoms with Crippen molar-refractivity contribution in [3.05, 3.63) is 64.2 Å². The molecule has 0 fully saturated rings. The van der Waals surface area contributed by atoms with Crippen molar-refractivity contribution in [1.29, 1.82) is 0 Å². The Labute approximate surface area is 151 Å². The molecule has 1 amide bonds. The van der Waals surface area contributed by atoms with E-state index in [-0.39, 0.29) is 16.8 Å². The number of benzene rings is 2. The van der Waals surface area contributed by atoms with Gasteiger partial charge in [0.25, 0.3) is 5.69 Å². The first kappa shape index (κ1) is 18.8. The third-order valence-electron chi connectivity index (χ3n) is 3.53. The highest BCUT2D eigenvalue weighted by molar-refractivity contribution is 8.00. The molecular weight excluding hydrogens is 338 g/mol. The van der Waals surface area contributed by atoms with Crippen LogP contribution in [-0.4, -0.2) is 29.2 Å². The second-order valence-corrected chi connectivity index (χ2v) is 7.01. The molecule has 0 saturated heterocycles. The van der Waals surface area contributed by atoms with Gasteiger partial charge in [0.2, 0.25) is 5.91 Å². The number of amides is 1. The van der Waals surface area contributed by atoms with Crippen LogP contribution in [0.2, 0.25) is 0 Å². The van der Waals surface area contributed by atoms with Crippen LogP contribution in [0.1, 0.15) is 12.5 Å². The number of nitrogens with zero attached hydrogens (tertiary/aromatic N) is 1. The van der Waals surface area contributed by atoms with Crippen molar-refractivity contribution < 1.29 is 9.72 Å². The molecule has 132 valence electrons. The number of hydrogen-bond donors (Lipinski definition) is 2. The minimum Gasteiger partial charge on any atom is -0.383 e. The molecule has 0 spiro atoms. The van der Waals surface area contributed by atoms with Crippen molar-refractivity contribution in [3.8, 4) is 0 Å². The molecule has 2 aromatic carbocycles. The second kappa shape index (κ2) is 9.08. The van der Waals surface area contributed by atoms with Gasteiger partial charge >= 0.3 is 0 Å². The van der Waals surface area contributed by atoms with E-state index in [4.69, 9.17) is 0 Å². The van der Waals surface area contributed by atoms with Gasteiger partial charge in [-0.1, -0.05) is 17.7 Å². The van der Waals surface area contributed by atoms with Crippen LogP contribution in [-0.2, 0) is 4.79 Å². The van der Waals surface area contributed by atoms with Crippen LogP contribution in [0.15, 0.2) is 53.4 Å². The lowest BCUT2D eigenvalue weighted by Gasteiger charge is -2.13. The SMILES string of the molecule is Cc1ccc(S[C@@H](C)C(=O)NCCNc2ccc([N+](=O)[O-])cc2)cc1. The van der Waals surface area contributed by atoms with Gasteiger partial charge in [0, 0.05) is 35.8 Å². The van der Waals surface area contributed by atoms with E-state index in [0.29, 0.717) is 13.1 Å². The number of thioether (sulfide) groups is 1. The van der Waals surface area contributed by atoms with Gasteiger partial charge in [-0.2, -0.15) is 0 Å². The van der Waals surface area contributed by atoms with E-state index < -0.39 is 4.92 Å². The lowest BCUT2D eigenvalue weighted by atomic mass is 10.2. The standard InChI is InChI=1S/C18H21N3O3S/c1-13-3-9-17(10-4-13)25-14(2)18(22)20-12-11-19-15-5-7-16(8-6-15)21(23)24/h3-10,14,19H,11-12H2,1-2H3,(H,20,22)/t14-/m0/s1. The normalized spacial score (nSPS) is 11.6. The molecule has 25 heavy (non-hydrogen) atoms. The van der Waals surface area contributed by atoms with E-state index >= 15 is 0 Å². The number of aryl methyl sites for hydroxylation is 1. The number of nitro benzene ring substituents is 1. The third-order valence-corrected chi connectivity index (χ3v) is 4.65. The highest BCUT2D eigenvalue weighted by atomic mass is 32.2. The zero-order valence-electron chi connectivity index (χ0n) is 14.2. The summed E-state index contributed by atoms with van der Waals surface area (Å²) in [6.07, 6.45) is 0. The molecule has 2 aromatic rings. The maximum atomic E-state index is 12.1. The molecule has 0 heterocycles. The van der Waals surface area contributed by atoms with Gasteiger partial charge in [-0.15, -0.1) is 11.8 Å². The quantitative estimate of drug-likeness (QED) is 0.325. The summed E-state index contributed by atoms with van der Waals surface area (Å²) in [5, 5.41) is 16.4. The van der Waals surface area contributed by atoms with E-state index in [2.05, 4.69) is 10.6 Å². The van der Waals surface area contributed by atoms with E-state index in [1.54, 1.807) is 12.1 Å². The lowest BCUT2D eigenvalue weighted by molar-refractivity contribution is -0.384. The molecular formula is C18H21N3O3S. The Kier molecular flexibility index (Phi) is 6.82. The number of carbonyl (C=O) groups is 1. The Bertz CT molecular complexity index is 717. The molecule has 0 saturated carbocycles. The third kappa shape index (κ3) is 6.11. The van der Waals surface area contributed by atoms with Gasteiger partial charge in [-0.3, -0.25) is 14.9 Å². The number of nitro groups is 1. The van der Waals surface area contributed by atoms with Crippen molar-refractivity contribution in [3.63, 3.8) is 0 Å². The van der Waals surface area contributed by atoms with Gasteiger partial charge in [0.1, 0.15) is 0 Å². The molecule has 0 radical (unpaired) electrons. The fourth-order valence-corrected chi connectivity index (χ4v) is 3.00. The average molecular weight is 359 g/mol. The zero-order chi connectivity index (χ0) is 18.2. The number of hydrogen-bond acceptors (Lipinski definition) is 5. The predicted molar refractivity (Wildman–Crippen MR) is 101 cm³/mol. The van der Waals surface area contributed by atoms with E-state index in [1.165, 1.54) is 29.5 Å². The molecule has 6 nitrogen and oxygen atoms in total. The summed E-state index contributed by atoms with van der Waals surface area (Å²) in [6, 6.07) is 14.3. The van der Waals surface area contributed by atoms with E-state index in [1.807, 2.05) is 38.1 Å². The van der Waals surface area contributed by atoms with Crippen LogP contribution in [0, 0.1) is 17.0 Å². The predicted octanol–water partition coefficient (Wildman–Crippen LogP) is 3.61. The maximum absolute atomic E-state index is 12.1. The van der Waals surface area contributed by atoms with Crippen LogP contribution in [0.3, 0.4) is 0 Å². The molecule has 1 atom stereocenters. The summed E-state index contributed by atoms with van der Waals surface area (Å²) in [5.74, 6) is -0.0175. The monoisotopic (exact) mass is 359 g/mol. The van der Waals surface area contributed by atoms with Crippen LogP contribution >= 0.6 is 11.8 Å². The minimum absolute atomic E-state index is 0.0175. The number of carbonyl (C=O) groups excluding carboxylic acids is 1. The summed E-state index contributed by atoms with van der Waals surface area (Å²) < 4.78 is 0. The Balaban J connectivity index is 1.70. The topological polar surface area (TPSA) is 84.3 Å². The van der Waals surface area contributed by atoms with Gasteiger partial charge in [-0.05, 0) is 38.1 Å². The van der Waals surface area contributed by atoms with Crippen molar-refractivity contribution in [2.24, 2.45) is 0 Å². The summed E-state index contributed by atoms with van der Waals surface area (Å²) in [5.41, 5.74) is 2.03. The summed E-state index contributed by atoms with van der Waals surface area (Å²) in [4.78, 5) is 23.3. The summed E-state index contributed by atoms with van der Waals surface area (Å²) >= 11 is 1.52. The fraction of sp³-hybridized carbons (Fsp3) is 0.278. The molecule has 0 unspecified atom stereocenters. The first-order chi connectivity index (χ1) is 12.0. The van der Waals surface area contributed by atoms with Crippen LogP contribution in [0.5, 0.6) is 0 Å². The second-order valence-electron chi connectivity index (χ2n) is 5.59. The highest BCUT2D eigenvalue weighted by Crippen LogP contribution is 2.23. The number of rotatable bonds is 8. The Morgan fingerprint density at radius 2 is 1.76 bits per heavy atom. The molecule has 0 aliphatic heterocycles. The Morgan fingerprint density at radius 1 is 1.12 bits per heavy atom. The summed E-state index contributed by atoms with van der Waals surface area (Å²) in [6.45, 7) is 4.94. The largest absolute Gasteiger partial charge is 0.383 e. The fourth-order valence-electron chi connectivity index (χ4n) is 2.11. The highest BCUT2D eigenvalue weighted by Gasteiger charge is 2.13. The Morgan fingerprint density at radius 3 is 2.36 bits per heavy atom. The van der Waals surface area contributed by atoms with E-state index in [9.17, 15) is 14.9 Å². The van der Waals surface area contributed by atoms with Crippen molar-refractivity contribution in [2.75, 3.05) is 18.4 Å². The zero-order valence-corrected chi connectivity index (χ0v) is 15.0. The van der Waals surface area contributed by atoms with Crippen LogP contribution in [0.4, 0.5) is 11.4 Å². The first-order valence-electron chi connectivity index (χ1n) is 7.95. The number of anilines is 1. The molecule has 0 aliphatic rings.